The van der Waals surface area contributed by atoms with Crippen LogP contribution in [0.3, 0.4) is 0 Å². The van der Waals surface area contributed by atoms with Gasteiger partial charge in [-0.15, -0.1) is 0 Å². The second-order valence-electron chi connectivity index (χ2n) is 5.63. The molecule has 0 spiro atoms. The number of nitrogens with two attached hydrogens (primary N) is 1. The quantitative estimate of drug-likeness (QED) is 0.941. The fourth-order valence-electron chi connectivity index (χ4n) is 2.85. The van der Waals surface area contributed by atoms with Crippen molar-refractivity contribution in [2.75, 3.05) is 32.5 Å². The van der Waals surface area contributed by atoms with Gasteiger partial charge < -0.3 is 15.4 Å². The largest absolute Gasteiger partial charge is 0.381 e. The summed E-state index contributed by atoms with van der Waals surface area (Å²) in [4.78, 5) is 6.67. The molecule has 0 aliphatic carbocycles. The van der Waals surface area contributed by atoms with Crippen LogP contribution in [0, 0.1) is 5.92 Å². The van der Waals surface area contributed by atoms with Crippen LogP contribution >= 0.6 is 11.3 Å². The molecular weight excluding hydrogens is 270 g/mol. The average Bonchev–Trinajstić information content (AvgIpc) is 2.79. The Kier molecular flexibility index (Phi) is 4.19. The number of anilines is 1. The number of hydrogen-bond acceptors (Lipinski definition) is 5. The molecule has 1 atom stereocenters. The van der Waals surface area contributed by atoms with Crippen molar-refractivity contribution in [2.24, 2.45) is 5.92 Å². The second kappa shape index (κ2) is 6.08. The Morgan fingerprint density at radius 1 is 1.50 bits per heavy atom. The first-order valence-electron chi connectivity index (χ1n) is 7.12. The lowest BCUT2D eigenvalue weighted by atomic mass is 10.0. The standard InChI is InChI=1S/C15H21N3OS/c1-18(9-12-3-2-6-19-10-12)8-11-4-5-13-14(7-11)20-15(16)17-13/h4-5,7,12H,2-3,6,8-10H2,1H3,(H2,16,17). The molecular formula is C15H21N3OS. The summed E-state index contributed by atoms with van der Waals surface area (Å²) in [5.74, 6) is 0.677. The lowest BCUT2D eigenvalue weighted by molar-refractivity contribution is 0.0411. The van der Waals surface area contributed by atoms with Crippen molar-refractivity contribution in [1.29, 1.82) is 0 Å². The molecule has 108 valence electrons. The average molecular weight is 291 g/mol. The van der Waals surface area contributed by atoms with Crippen molar-refractivity contribution >= 4 is 26.7 Å². The van der Waals surface area contributed by atoms with Crippen molar-refractivity contribution in [3.63, 3.8) is 0 Å². The summed E-state index contributed by atoms with van der Waals surface area (Å²) in [5, 5.41) is 0.643. The van der Waals surface area contributed by atoms with Gasteiger partial charge in [0.1, 0.15) is 0 Å². The first-order chi connectivity index (χ1) is 9.70. The molecule has 1 aliphatic heterocycles. The van der Waals surface area contributed by atoms with Crippen molar-refractivity contribution in [1.82, 2.24) is 9.88 Å². The molecule has 2 aromatic rings. The van der Waals surface area contributed by atoms with E-state index in [4.69, 9.17) is 10.5 Å². The van der Waals surface area contributed by atoms with Gasteiger partial charge in [-0.25, -0.2) is 4.98 Å². The maximum Gasteiger partial charge on any atom is 0.181 e. The van der Waals surface area contributed by atoms with E-state index in [1.807, 2.05) is 0 Å². The number of aromatic nitrogens is 1. The van der Waals surface area contributed by atoms with Crippen LogP contribution in [-0.4, -0.2) is 36.7 Å². The summed E-state index contributed by atoms with van der Waals surface area (Å²) in [6, 6.07) is 6.42. The zero-order valence-electron chi connectivity index (χ0n) is 11.8. The fraction of sp³-hybridized carbons (Fsp3) is 0.533. The molecule has 1 fully saturated rings. The Bertz CT molecular complexity index is 578. The Morgan fingerprint density at radius 2 is 2.40 bits per heavy atom. The number of benzene rings is 1. The van der Waals surface area contributed by atoms with Crippen LogP contribution in [0.4, 0.5) is 5.13 Å². The van der Waals surface area contributed by atoms with E-state index in [1.165, 1.54) is 23.1 Å². The highest BCUT2D eigenvalue weighted by Crippen LogP contribution is 2.25. The second-order valence-corrected chi connectivity index (χ2v) is 6.70. The third-order valence-electron chi connectivity index (χ3n) is 3.75. The van der Waals surface area contributed by atoms with Crippen LogP contribution in [0.5, 0.6) is 0 Å². The highest BCUT2D eigenvalue weighted by molar-refractivity contribution is 7.22. The predicted molar refractivity (Wildman–Crippen MR) is 83.9 cm³/mol. The highest BCUT2D eigenvalue weighted by atomic mass is 32.1. The lowest BCUT2D eigenvalue weighted by Crippen LogP contribution is -2.30. The van der Waals surface area contributed by atoms with Crippen LogP contribution in [-0.2, 0) is 11.3 Å². The SMILES string of the molecule is CN(Cc1ccc2nc(N)sc2c1)CC1CCCOC1. The number of thiazole rings is 1. The van der Waals surface area contributed by atoms with Crippen molar-refractivity contribution in [3.8, 4) is 0 Å². The van der Waals surface area contributed by atoms with E-state index in [-0.39, 0.29) is 0 Å². The molecule has 0 amide bonds. The maximum absolute atomic E-state index is 5.75. The van der Waals surface area contributed by atoms with E-state index >= 15 is 0 Å². The Hall–Kier alpha value is -1.17. The van der Waals surface area contributed by atoms with Crippen molar-refractivity contribution in [3.05, 3.63) is 23.8 Å². The van der Waals surface area contributed by atoms with E-state index in [0.717, 1.165) is 31.8 Å². The Labute approximate surface area is 123 Å². The first-order valence-corrected chi connectivity index (χ1v) is 7.93. The van der Waals surface area contributed by atoms with Gasteiger partial charge in [-0.3, -0.25) is 0 Å². The molecule has 1 aromatic carbocycles. The minimum Gasteiger partial charge on any atom is -0.381 e. The maximum atomic E-state index is 5.75. The van der Waals surface area contributed by atoms with E-state index in [1.54, 1.807) is 11.3 Å². The van der Waals surface area contributed by atoms with Crippen molar-refractivity contribution < 1.29 is 4.74 Å². The molecule has 2 N–H and O–H groups in total. The van der Waals surface area contributed by atoms with Crippen LogP contribution in [0.1, 0.15) is 18.4 Å². The number of nitrogens with zero attached hydrogens (tertiary/aromatic N) is 2. The summed E-state index contributed by atoms with van der Waals surface area (Å²) in [6.07, 6.45) is 2.49. The molecule has 0 bridgehead atoms. The molecule has 1 unspecified atom stereocenters. The predicted octanol–water partition coefficient (Wildman–Crippen LogP) is 2.74. The van der Waals surface area contributed by atoms with Gasteiger partial charge in [0.25, 0.3) is 0 Å². The molecule has 4 nitrogen and oxygen atoms in total. The summed E-state index contributed by atoms with van der Waals surface area (Å²) in [5.41, 5.74) is 8.07. The molecule has 1 aliphatic rings. The first kappa shape index (κ1) is 13.8. The van der Waals surface area contributed by atoms with Crippen LogP contribution in [0.15, 0.2) is 18.2 Å². The van der Waals surface area contributed by atoms with Crippen molar-refractivity contribution in [2.45, 2.75) is 19.4 Å². The van der Waals surface area contributed by atoms with Gasteiger partial charge in [0.2, 0.25) is 0 Å². The smallest absolute Gasteiger partial charge is 0.181 e. The van der Waals surface area contributed by atoms with Gasteiger partial charge in [0.05, 0.1) is 16.8 Å². The summed E-state index contributed by atoms with van der Waals surface area (Å²) >= 11 is 1.56. The van der Waals surface area contributed by atoms with Gasteiger partial charge in [-0.1, -0.05) is 17.4 Å². The van der Waals surface area contributed by atoms with Gasteiger partial charge in [0, 0.05) is 19.7 Å². The van der Waals surface area contributed by atoms with Gasteiger partial charge in [0.15, 0.2) is 5.13 Å². The number of ether oxygens (including phenoxy) is 1. The van der Waals surface area contributed by atoms with E-state index in [2.05, 4.69) is 35.1 Å². The molecule has 0 radical (unpaired) electrons. The number of fused-ring (bicyclic) bond motifs is 1. The molecule has 3 rings (SSSR count). The molecule has 20 heavy (non-hydrogen) atoms. The molecule has 0 saturated carbocycles. The number of nitrogen functional groups attached to an aromatic ring is 1. The summed E-state index contributed by atoms with van der Waals surface area (Å²) < 4.78 is 6.72. The van der Waals surface area contributed by atoms with Gasteiger partial charge in [-0.2, -0.15) is 0 Å². The zero-order valence-corrected chi connectivity index (χ0v) is 12.7. The van der Waals surface area contributed by atoms with E-state index in [0.29, 0.717) is 11.0 Å². The monoisotopic (exact) mass is 291 g/mol. The number of hydrogen-bond donors (Lipinski definition) is 1. The van der Waals surface area contributed by atoms with Crippen LogP contribution in [0.25, 0.3) is 10.2 Å². The molecule has 1 aromatic heterocycles. The van der Waals surface area contributed by atoms with Crippen LogP contribution < -0.4 is 5.73 Å². The lowest BCUT2D eigenvalue weighted by Gasteiger charge is -2.27. The zero-order chi connectivity index (χ0) is 13.9. The number of rotatable bonds is 4. The fourth-order valence-corrected chi connectivity index (χ4v) is 3.65. The topological polar surface area (TPSA) is 51.4 Å². The Balaban J connectivity index is 1.62. The van der Waals surface area contributed by atoms with Gasteiger partial charge >= 0.3 is 0 Å². The summed E-state index contributed by atoms with van der Waals surface area (Å²) in [7, 11) is 2.18. The molecule has 1 saturated heterocycles. The Morgan fingerprint density at radius 3 is 3.20 bits per heavy atom. The minimum absolute atomic E-state index is 0.643. The molecule has 5 heteroatoms. The summed E-state index contributed by atoms with van der Waals surface area (Å²) in [6.45, 7) is 3.91. The third-order valence-corrected chi connectivity index (χ3v) is 4.59. The van der Waals surface area contributed by atoms with Gasteiger partial charge in [-0.05, 0) is 43.5 Å². The van der Waals surface area contributed by atoms with E-state index < -0.39 is 0 Å². The van der Waals surface area contributed by atoms with E-state index in [9.17, 15) is 0 Å². The molecule has 2 heterocycles. The minimum atomic E-state index is 0.643. The normalized spacial score (nSPS) is 19.8. The highest BCUT2D eigenvalue weighted by Gasteiger charge is 2.16. The van der Waals surface area contributed by atoms with Crippen LogP contribution in [0.2, 0.25) is 0 Å². The third kappa shape index (κ3) is 3.29.